The molecule has 0 saturated carbocycles. The topological polar surface area (TPSA) is 78.8 Å². The van der Waals surface area contributed by atoms with Crippen LogP contribution >= 0.6 is 11.6 Å². The lowest BCUT2D eigenvalue weighted by molar-refractivity contribution is -0.137. The minimum absolute atomic E-state index is 0.0351. The number of hydrogen-bond donors (Lipinski definition) is 2. The van der Waals surface area contributed by atoms with E-state index in [9.17, 15) is 18.0 Å². The molecular formula is C26H23ClF3N5O2. The Kier molecular flexibility index (Phi) is 6.78. The fraction of sp³-hybridized carbons (Fsp3) is 0.269. The number of carbonyl (C=O) groups excluding carboxylic acids is 1. The minimum Gasteiger partial charge on any atom is -0.457 e. The van der Waals surface area contributed by atoms with Crippen molar-refractivity contribution in [2.45, 2.75) is 25.2 Å². The first-order valence-corrected chi connectivity index (χ1v) is 12.0. The second kappa shape index (κ2) is 10.0. The van der Waals surface area contributed by atoms with Gasteiger partial charge in [-0.1, -0.05) is 17.7 Å². The molecule has 37 heavy (non-hydrogen) atoms. The number of amidine groups is 1. The van der Waals surface area contributed by atoms with Crippen LogP contribution in [0.4, 0.5) is 18.9 Å². The largest absolute Gasteiger partial charge is 0.457 e. The lowest BCUT2D eigenvalue weighted by Crippen LogP contribution is -2.45. The van der Waals surface area contributed by atoms with Crippen molar-refractivity contribution in [3.63, 3.8) is 0 Å². The molecule has 1 unspecified atom stereocenters. The molecule has 0 spiro atoms. The first kappa shape index (κ1) is 25.0. The molecule has 2 aromatic carbocycles. The van der Waals surface area contributed by atoms with Crippen LogP contribution in [0.3, 0.4) is 0 Å². The number of halogens is 4. The van der Waals surface area contributed by atoms with Gasteiger partial charge >= 0.3 is 6.18 Å². The van der Waals surface area contributed by atoms with E-state index in [0.29, 0.717) is 36.7 Å². The Labute approximate surface area is 216 Å². The van der Waals surface area contributed by atoms with Crippen molar-refractivity contribution < 1.29 is 22.7 Å². The Balaban J connectivity index is 1.31. The third-order valence-corrected chi connectivity index (χ3v) is 6.60. The predicted octanol–water partition coefficient (Wildman–Crippen LogP) is 4.89. The van der Waals surface area contributed by atoms with Crippen molar-refractivity contribution in [2.24, 2.45) is 4.99 Å². The number of carbonyl (C=O) groups is 1. The summed E-state index contributed by atoms with van der Waals surface area (Å²) >= 11 is 5.69. The zero-order chi connectivity index (χ0) is 26.2. The standard InChI is InChI=1S/C26H23ClF3N5O2/c1-35-14-15-2-4-18(37-19-6-7-31-22(13-19)24-32-8-9-33-24)10-16(15)11-23(35)25(36)34-17-3-5-21(27)20(12-17)26(28,29)30/h2-7,10,12-13,23H,8-9,11,14H2,1H3,(H,32,33)(H,34,36). The van der Waals surface area contributed by atoms with Crippen molar-refractivity contribution in [1.82, 2.24) is 15.2 Å². The number of anilines is 1. The molecule has 3 aromatic rings. The third kappa shape index (κ3) is 5.55. The number of likely N-dealkylation sites (N-methyl/N-ethyl adjacent to an activating group) is 1. The highest BCUT2D eigenvalue weighted by atomic mass is 35.5. The summed E-state index contributed by atoms with van der Waals surface area (Å²) in [4.78, 5) is 23.6. The summed E-state index contributed by atoms with van der Waals surface area (Å²) in [6, 6.07) is 12.0. The number of amides is 1. The molecule has 1 atom stereocenters. The van der Waals surface area contributed by atoms with Crippen LogP contribution in [0.5, 0.6) is 11.5 Å². The van der Waals surface area contributed by atoms with Gasteiger partial charge in [-0.15, -0.1) is 0 Å². The second-order valence-corrected chi connectivity index (χ2v) is 9.29. The molecule has 1 amide bonds. The SMILES string of the molecule is CN1Cc2ccc(Oc3ccnc(C4=NCCN4)c3)cc2CC1C(=O)Nc1ccc(Cl)c(C(F)(F)F)c1. The van der Waals surface area contributed by atoms with Gasteiger partial charge in [-0.2, -0.15) is 13.2 Å². The van der Waals surface area contributed by atoms with Crippen molar-refractivity contribution >= 4 is 29.0 Å². The van der Waals surface area contributed by atoms with Gasteiger partial charge in [0.25, 0.3) is 0 Å². The number of fused-ring (bicyclic) bond motifs is 1. The first-order chi connectivity index (χ1) is 17.7. The maximum absolute atomic E-state index is 13.2. The van der Waals surface area contributed by atoms with Gasteiger partial charge in [0.2, 0.25) is 5.91 Å². The quantitative estimate of drug-likeness (QED) is 0.492. The van der Waals surface area contributed by atoms with Crippen LogP contribution in [0.15, 0.2) is 59.7 Å². The van der Waals surface area contributed by atoms with Gasteiger partial charge in [0.1, 0.15) is 23.0 Å². The number of benzene rings is 2. The molecule has 0 fully saturated rings. The Morgan fingerprint density at radius 3 is 2.70 bits per heavy atom. The van der Waals surface area contributed by atoms with Gasteiger partial charge in [0.15, 0.2) is 0 Å². The van der Waals surface area contributed by atoms with E-state index in [1.54, 1.807) is 19.3 Å². The van der Waals surface area contributed by atoms with Gasteiger partial charge in [-0.05, 0) is 61.0 Å². The van der Waals surface area contributed by atoms with E-state index in [0.717, 1.165) is 35.6 Å². The van der Waals surface area contributed by atoms with E-state index in [-0.39, 0.29) is 5.69 Å². The van der Waals surface area contributed by atoms with E-state index < -0.39 is 28.7 Å². The van der Waals surface area contributed by atoms with Crippen LogP contribution in [0.25, 0.3) is 0 Å². The highest BCUT2D eigenvalue weighted by Gasteiger charge is 2.34. The van der Waals surface area contributed by atoms with Crippen molar-refractivity contribution in [3.05, 3.63) is 82.1 Å². The van der Waals surface area contributed by atoms with E-state index in [1.807, 2.05) is 29.2 Å². The summed E-state index contributed by atoms with van der Waals surface area (Å²) in [6.45, 7) is 1.99. The summed E-state index contributed by atoms with van der Waals surface area (Å²) in [5.74, 6) is 1.54. The van der Waals surface area contributed by atoms with Gasteiger partial charge < -0.3 is 15.4 Å². The number of aromatic nitrogens is 1. The summed E-state index contributed by atoms with van der Waals surface area (Å²) in [5.41, 5.74) is 1.71. The molecule has 3 heterocycles. The zero-order valence-corrected chi connectivity index (χ0v) is 20.5. The maximum atomic E-state index is 13.2. The number of hydrogen-bond acceptors (Lipinski definition) is 6. The average Bonchev–Trinajstić information content (AvgIpc) is 3.40. The Bertz CT molecular complexity index is 1380. The molecule has 0 radical (unpaired) electrons. The number of nitrogens with zero attached hydrogens (tertiary/aromatic N) is 3. The van der Waals surface area contributed by atoms with Crippen LogP contribution in [-0.4, -0.2) is 47.8 Å². The fourth-order valence-corrected chi connectivity index (χ4v) is 4.63. The van der Waals surface area contributed by atoms with E-state index in [4.69, 9.17) is 16.3 Å². The number of rotatable bonds is 5. The average molecular weight is 530 g/mol. The molecule has 7 nitrogen and oxygen atoms in total. The highest BCUT2D eigenvalue weighted by molar-refractivity contribution is 6.31. The summed E-state index contributed by atoms with van der Waals surface area (Å²) < 4.78 is 45.7. The number of alkyl halides is 3. The minimum atomic E-state index is -4.62. The number of pyridine rings is 1. The lowest BCUT2D eigenvalue weighted by atomic mass is 9.93. The number of aliphatic imine (C=N–C) groups is 1. The summed E-state index contributed by atoms with van der Waals surface area (Å²) in [7, 11) is 1.80. The molecule has 2 aliphatic rings. The molecule has 192 valence electrons. The Morgan fingerprint density at radius 2 is 1.95 bits per heavy atom. The van der Waals surface area contributed by atoms with E-state index >= 15 is 0 Å². The normalized spacial score (nSPS) is 17.5. The third-order valence-electron chi connectivity index (χ3n) is 6.27. The molecule has 0 saturated heterocycles. The number of ether oxygens (including phenoxy) is 1. The van der Waals surface area contributed by atoms with Crippen molar-refractivity contribution in [3.8, 4) is 11.5 Å². The lowest BCUT2D eigenvalue weighted by Gasteiger charge is -2.33. The van der Waals surface area contributed by atoms with Crippen molar-refractivity contribution in [2.75, 3.05) is 25.5 Å². The van der Waals surface area contributed by atoms with Crippen LogP contribution in [0.2, 0.25) is 5.02 Å². The van der Waals surface area contributed by atoms with Crippen LogP contribution in [0.1, 0.15) is 22.4 Å². The van der Waals surface area contributed by atoms with E-state index in [1.165, 1.54) is 6.07 Å². The molecule has 1 aromatic heterocycles. The molecular weight excluding hydrogens is 507 g/mol. The predicted molar refractivity (Wildman–Crippen MR) is 134 cm³/mol. The maximum Gasteiger partial charge on any atom is 0.417 e. The second-order valence-electron chi connectivity index (χ2n) is 8.88. The smallest absolute Gasteiger partial charge is 0.417 e. The van der Waals surface area contributed by atoms with Crippen LogP contribution < -0.4 is 15.4 Å². The fourth-order valence-electron chi connectivity index (χ4n) is 4.40. The van der Waals surface area contributed by atoms with Crippen LogP contribution in [-0.2, 0) is 23.9 Å². The summed E-state index contributed by atoms with van der Waals surface area (Å²) in [6.07, 6.45) is -2.59. The zero-order valence-electron chi connectivity index (χ0n) is 19.8. The van der Waals surface area contributed by atoms with Crippen LogP contribution in [0, 0.1) is 0 Å². The van der Waals surface area contributed by atoms with Gasteiger partial charge in [-0.25, -0.2) is 0 Å². The van der Waals surface area contributed by atoms with Crippen molar-refractivity contribution in [1.29, 1.82) is 0 Å². The van der Waals surface area contributed by atoms with E-state index in [2.05, 4.69) is 20.6 Å². The molecule has 5 rings (SSSR count). The molecule has 2 N–H and O–H groups in total. The molecule has 0 aliphatic carbocycles. The molecule has 2 aliphatic heterocycles. The highest BCUT2D eigenvalue weighted by Crippen LogP contribution is 2.36. The summed E-state index contributed by atoms with van der Waals surface area (Å²) in [5, 5.41) is 5.37. The molecule has 0 bridgehead atoms. The van der Waals surface area contributed by atoms with Gasteiger partial charge in [0, 0.05) is 31.0 Å². The van der Waals surface area contributed by atoms with Gasteiger partial charge in [0.05, 0.1) is 23.2 Å². The first-order valence-electron chi connectivity index (χ1n) is 11.6. The Morgan fingerprint density at radius 1 is 1.14 bits per heavy atom. The van der Waals surface area contributed by atoms with Gasteiger partial charge in [-0.3, -0.25) is 19.7 Å². The molecule has 11 heteroatoms. The number of nitrogens with one attached hydrogen (secondary N) is 2. The Hall–Kier alpha value is -3.63. The monoisotopic (exact) mass is 529 g/mol.